The number of aliphatic hydroxyl groups excluding tert-OH is 3. The molecule has 5 aliphatic heterocycles. The molecule has 470 valence electrons. The number of nitrogens with one attached hydrogen (secondary N) is 2. The maximum absolute atomic E-state index is 16.4. The highest BCUT2D eigenvalue weighted by molar-refractivity contribution is 5.89. The van der Waals surface area contributed by atoms with Gasteiger partial charge in [-0.25, -0.2) is 4.79 Å². The van der Waals surface area contributed by atoms with Crippen molar-refractivity contribution in [3.05, 3.63) is 99.1 Å². The third-order valence-electron chi connectivity index (χ3n) is 23.4. The average Bonchev–Trinajstić information content (AvgIpc) is 0.932. The molecule has 88 heavy (non-hydrogen) atoms. The van der Waals surface area contributed by atoms with Gasteiger partial charge in [-0.2, -0.15) is 0 Å². The van der Waals surface area contributed by atoms with E-state index in [0.29, 0.717) is 77.9 Å². The zero-order valence-corrected chi connectivity index (χ0v) is 51.6. The number of esters is 2. The standard InChI is InChI=1S/C74H92N2O12/c1-72(84)42-76-55-33-50(32-51(34-55)68(81)49(40-75-2)20-17-43-18-23-56(24-19-43)86-41-64(72)79)46-21-22-47-39-66(80)88-70-57(47)36-52(69(82)67(70)45-12-4-3-5-13-45)38-65-74(85)60-16-7-6-14-48(60)35-58-59(62(77)26-25-61(58)74)30-44-11-10-15-54(29-44)73(27-8-9-28-73)63(78)37-53(31-46)71(83)87-65/h10-11,15,29,32-34,36-37,43,45-49,56,58-61,63-65,68,75-76,78-79,81-82,84-85H,3-9,12-14,16,18-19,23-28,30-31,35,38-42H2,1-2H3/b53-37-/t43?,46-,47+,48-,49+,56?,58-,59+,60+,61-,63+,64-,65-,68-,72+,74+/m1/s1. The summed E-state index contributed by atoms with van der Waals surface area (Å²) in [6.07, 6.45) is 12.6. The second-order valence-electron chi connectivity index (χ2n) is 28.8. The van der Waals surface area contributed by atoms with E-state index in [1.165, 1.54) is 0 Å². The molecular weight excluding hydrogens is 1110 g/mol. The summed E-state index contributed by atoms with van der Waals surface area (Å²) in [7, 11) is 1.83. The van der Waals surface area contributed by atoms with E-state index in [9.17, 15) is 40.2 Å². The van der Waals surface area contributed by atoms with Gasteiger partial charge in [0.15, 0.2) is 0 Å². The molecule has 14 rings (SSSR count). The van der Waals surface area contributed by atoms with Gasteiger partial charge in [-0.15, -0.1) is 0 Å². The summed E-state index contributed by atoms with van der Waals surface area (Å²) in [5, 5.41) is 83.7. The van der Waals surface area contributed by atoms with Crippen molar-refractivity contribution in [2.45, 2.75) is 226 Å². The van der Waals surface area contributed by atoms with Gasteiger partial charge in [-0.3, -0.25) is 9.59 Å². The maximum Gasteiger partial charge on any atom is 0.334 e. The van der Waals surface area contributed by atoms with Gasteiger partial charge >= 0.3 is 11.9 Å². The topological polar surface area (TPSA) is 224 Å². The minimum Gasteiger partial charge on any atom is -0.507 e. The van der Waals surface area contributed by atoms with Crippen LogP contribution >= 0.6 is 0 Å². The van der Waals surface area contributed by atoms with Crippen molar-refractivity contribution in [1.29, 1.82) is 0 Å². The molecule has 1 spiro atoms. The highest BCUT2D eigenvalue weighted by Crippen LogP contribution is 2.60. The fourth-order valence-corrected chi connectivity index (χ4v) is 18.4. The molecule has 8 N–H and O–H groups in total. The van der Waals surface area contributed by atoms with Crippen molar-refractivity contribution in [2.24, 2.45) is 41.4 Å². The highest BCUT2D eigenvalue weighted by atomic mass is 16.6. The Labute approximate surface area is 519 Å². The molecule has 14 bridgehead atoms. The number of ketones is 1. The second-order valence-corrected chi connectivity index (χ2v) is 28.8. The Hall–Kier alpha value is -5.55. The molecule has 6 fully saturated rings. The molecule has 5 heterocycles. The number of phenolic OH excluding ortho intramolecular Hbond substituents is 1. The van der Waals surface area contributed by atoms with Crippen LogP contribution in [0, 0.1) is 65.1 Å². The van der Waals surface area contributed by atoms with Crippen molar-refractivity contribution >= 4 is 23.4 Å². The number of aliphatic hydroxyl groups is 5. The lowest BCUT2D eigenvalue weighted by Gasteiger charge is -2.59. The fraction of sp³-hybridized carbons (Fsp3) is 0.635. The molecule has 0 radical (unpaired) electrons. The molecule has 14 nitrogen and oxygen atoms in total. The zero-order chi connectivity index (χ0) is 61.1. The predicted octanol–water partition coefficient (Wildman–Crippen LogP) is 9.97. The van der Waals surface area contributed by atoms with Gasteiger partial charge in [0, 0.05) is 71.5 Å². The largest absolute Gasteiger partial charge is 0.507 e. The number of hydrogen-bond donors (Lipinski definition) is 8. The Balaban J connectivity index is 1.03. The van der Waals surface area contributed by atoms with Gasteiger partial charge in [0.1, 0.15) is 40.7 Å². The summed E-state index contributed by atoms with van der Waals surface area (Å²) in [6, 6.07) is 15.9. The molecule has 6 aliphatic carbocycles. The number of carbonyl (C=O) groups excluding carboxylic acids is 3. The quantitative estimate of drug-likeness (QED) is 0.0692. The van der Waals surface area contributed by atoms with Gasteiger partial charge in [-0.1, -0.05) is 105 Å². The Morgan fingerprint density at radius 2 is 1.52 bits per heavy atom. The minimum absolute atomic E-state index is 0.0240. The number of fused-ring (bicyclic) bond motifs is 19. The van der Waals surface area contributed by atoms with Gasteiger partial charge in [0.25, 0.3) is 0 Å². The van der Waals surface area contributed by atoms with Crippen LogP contribution in [0.5, 0.6) is 11.5 Å². The van der Waals surface area contributed by atoms with Crippen LogP contribution in [0.4, 0.5) is 5.69 Å². The molecule has 14 atom stereocenters. The molecule has 0 aromatic heterocycles. The lowest BCUT2D eigenvalue weighted by atomic mass is 9.48. The number of anilines is 1. The van der Waals surface area contributed by atoms with Crippen LogP contribution in [0.3, 0.4) is 0 Å². The van der Waals surface area contributed by atoms with Crippen molar-refractivity contribution in [3.8, 4) is 35.2 Å². The summed E-state index contributed by atoms with van der Waals surface area (Å²) in [5.74, 6) is 10.00. The third kappa shape index (κ3) is 11.8. The van der Waals surface area contributed by atoms with Crippen molar-refractivity contribution in [3.63, 3.8) is 0 Å². The Morgan fingerprint density at radius 3 is 2.32 bits per heavy atom. The molecule has 0 unspecified atom stereocenters. The minimum atomic E-state index is -1.66. The van der Waals surface area contributed by atoms with Gasteiger partial charge < -0.3 is 55.5 Å². The number of aromatic hydroxyl groups is 1. The first-order valence-electron chi connectivity index (χ1n) is 33.8. The lowest BCUT2D eigenvalue weighted by Crippen LogP contribution is -2.65. The smallest absolute Gasteiger partial charge is 0.334 e. The maximum atomic E-state index is 16.4. The monoisotopic (exact) mass is 1200 g/mol. The number of rotatable bonds is 4. The Kier molecular flexibility index (Phi) is 17.6. The fourth-order valence-electron chi connectivity index (χ4n) is 18.4. The number of phenols is 1. The SMILES string of the molecule is CNC[C@@H]1C#CC2CCC(CC2)OC[C@@H](O)[C@@](C)(O)CNc2cc([C@@H]3C#C[C@H]4CC(=O)Oc5c4cc(c(O)c5C4CCCCC4)C[C@H]4OC(=O)/C(=C\[C@H](O)C5(CCCC5)c5cccc(c5)C[C@@H]5C(=O)CC[C@@H]6[C@@H]5C[C@H]5CCCC[C@@H]5[C@]64O)C3)cc(c2)[C@@H]1O. The van der Waals surface area contributed by atoms with E-state index in [1.54, 1.807) is 13.0 Å². The van der Waals surface area contributed by atoms with Crippen LogP contribution in [-0.4, -0.2) is 111 Å². The summed E-state index contributed by atoms with van der Waals surface area (Å²) < 4.78 is 19.8. The number of benzene rings is 3. The third-order valence-corrected chi connectivity index (χ3v) is 23.4. The average molecular weight is 1200 g/mol. The van der Waals surface area contributed by atoms with Gasteiger partial charge in [0.05, 0.1) is 43.2 Å². The van der Waals surface area contributed by atoms with E-state index in [0.717, 1.165) is 107 Å². The van der Waals surface area contributed by atoms with Crippen LogP contribution in [-0.2, 0) is 42.1 Å². The van der Waals surface area contributed by atoms with E-state index in [4.69, 9.17) is 14.2 Å². The Morgan fingerprint density at radius 1 is 0.761 bits per heavy atom. The number of hydrogen-bond acceptors (Lipinski definition) is 14. The van der Waals surface area contributed by atoms with E-state index in [1.807, 2.05) is 37.4 Å². The number of carbonyl (C=O) groups is 3. The van der Waals surface area contributed by atoms with E-state index in [-0.39, 0.29) is 97.6 Å². The molecule has 3 aromatic rings. The Bertz CT molecular complexity index is 3290. The van der Waals surface area contributed by atoms with E-state index >= 15 is 4.79 Å². The summed E-state index contributed by atoms with van der Waals surface area (Å²) in [6.45, 7) is 1.77. The first-order valence-corrected chi connectivity index (χ1v) is 33.8. The summed E-state index contributed by atoms with van der Waals surface area (Å²) >= 11 is 0. The highest BCUT2D eigenvalue weighted by Gasteiger charge is 2.62. The van der Waals surface area contributed by atoms with Gasteiger partial charge in [-0.05, 0) is 179 Å². The van der Waals surface area contributed by atoms with Crippen LogP contribution in [0.25, 0.3) is 0 Å². The zero-order valence-electron chi connectivity index (χ0n) is 51.6. The molecule has 3 aromatic carbocycles. The van der Waals surface area contributed by atoms with Crippen LogP contribution in [0.2, 0.25) is 0 Å². The van der Waals surface area contributed by atoms with E-state index < -0.39 is 76.6 Å². The molecule has 14 heteroatoms. The first-order chi connectivity index (χ1) is 42.5. The van der Waals surface area contributed by atoms with Crippen LogP contribution in [0.15, 0.2) is 60.2 Å². The second kappa shape index (κ2) is 25.3. The molecule has 0 saturated heterocycles. The molecule has 11 aliphatic rings. The van der Waals surface area contributed by atoms with E-state index in [2.05, 4.69) is 52.5 Å². The number of Topliss-reactive ketones (excluding diaryl/α,β-unsaturated/α-hetero) is 1. The molecule has 0 amide bonds. The first kappa shape index (κ1) is 61.3. The van der Waals surface area contributed by atoms with Crippen LogP contribution < -0.4 is 15.4 Å². The molecule has 6 saturated carbocycles. The van der Waals surface area contributed by atoms with Gasteiger partial charge in [0.2, 0.25) is 0 Å². The normalized spacial score (nSPS) is 37.3. The predicted molar refractivity (Wildman–Crippen MR) is 333 cm³/mol. The number of ether oxygens (including phenoxy) is 3. The summed E-state index contributed by atoms with van der Waals surface area (Å²) in [4.78, 5) is 45.3. The van der Waals surface area contributed by atoms with Crippen molar-refractivity contribution in [1.82, 2.24) is 5.32 Å². The lowest BCUT2D eigenvalue weighted by molar-refractivity contribution is -0.228. The van der Waals surface area contributed by atoms with Crippen molar-refractivity contribution < 1.29 is 59.2 Å². The molecular formula is C74H92N2O12. The van der Waals surface area contributed by atoms with Crippen molar-refractivity contribution in [2.75, 3.05) is 32.1 Å². The summed E-state index contributed by atoms with van der Waals surface area (Å²) in [5.41, 5.74) is 1.27. The van der Waals surface area contributed by atoms with Crippen LogP contribution in [0.1, 0.15) is 211 Å².